The second-order valence-electron chi connectivity index (χ2n) is 2.05. The van der Waals surface area contributed by atoms with E-state index in [2.05, 4.69) is 23.5 Å². The highest BCUT2D eigenvalue weighted by molar-refractivity contribution is 5.58. The van der Waals surface area contributed by atoms with Crippen LogP contribution in [0.15, 0.2) is 25.2 Å². The lowest BCUT2D eigenvalue weighted by Crippen LogP contribution is -1.86. The van der Waals surface area contributed by atoms with Crippen molar-refractivity contribution in [2.45, 2.75) is 13.3 Å². The molecule has 0 saturated carbocycles. The standard InChI is InChI=1S/C8H10N2/c1-3-7(2)8-6-9-4-5-10-8/h4-6H,2-3H2,1H3. The molecule has 0 amide bonds. The third kappa shape index (κ3) is 1.41. The quantitative estimate of drug-likeness (QED) is 0.617. The van der Waals surface area contributed by atoms with Gasteiger partial charge in [0.05, 0.1) is 11.9 Å². The van der Waals surface area contributed by atoms with E-state index in [9.17, 15) is 0 Å². The number of hydrogen-bond donors (Lipinski definition) is 0. The van der Waals surface area contributed by atoms with Gasteiger partial charge in [-0.2, -0.15) is 0 Å². The maximum Gasteiger partial charge on any atom is 0.0838 e. The molecule has 0 aromatic carbocycles. The molecular weight excluding hydrogens is 124 g/mol. The summed E-state index contributed by atoms with van der Waals surface area (Å²) in [6.07, 6.45) is 5.99. The number of rotatable bonds is 2. The zero-order chi connectivity index (χ0) is 7.40. The highest BCUT2D eigenvalue weighted by atomic mass is 14.8. The molecule has 52 valence electrons. The van der Waals surface area contributed by atoms with Gasteiger partial charge in [-0.3, -0.25) is 9.97 Å². The Morgan fingerprint density at radius 1 is 1.60 bits per heavy atom. The average Bonchev–Trinajstić information content (AvgIpc) is 2.05. The van der Waals surface area contributed by atoms with E-state index < -0.39 is 0 Å². The summed E-state index contributed by atoms with van der Waals surface area (Å²) in [5.41, 5.74) is 1.93. The zero-order valence-corrected chi connectivity index (χ0v) is 6.04. The van der Waals surface area contributed by atoms with Gasteiger partial charge >= 0.3 is 0 Å². The Morgan fingerprint density at radius 2 is 2.40 bits per heavy atom. The van der Waals surface area contributed by atoms with Crippen molar-refractivity contribution >= 4 is 5.57 Å². The van der Waals surface area contributed by atoms with Crippen LogP contribution in [-0.2, 0) is 0 Å². The number of aromatic nitrogens is 2. The summed E-state index contributed by atoms with van der Waals surface area (Å²) in [7, 11) is 0. The smallest absolute Gasteiger partial charge is 0.0838 e. The van der Waals surface area contributed by atoms with Crippen molar-refractivity contribution in [2.24, 2.45) is 0 Å². The number of allylic oxidation sites excluding steroid dienone is 1. The first-order valence-electron chi connectivity index (χ1n) is 3.28. The molecule has 0 atom stereocenters. The van der Waals surface area contributed by atoms with Crippen LogP contribution >= 0.6 is 0 Å². The van der Waals surface area contributed by atoms with E-state index in [1.807, 2.05) is 0 Å². The molecule has 1 rings (SSSR count). The fourth-order valence-electron chi connectivity index (χ4n) is 0.663. The van der Waals surface area contributed by atoms with Gasteiger partial charge in [-0.25, -0.2) is 0 Å². The van der Waals surface area contributed by atoms with Crippen LogP contribution in [0.4, 0.5) is 0 Å². The fraction of sp³-hybridized carbons (Fsp3) is 0.250. The molecule has 0 aliphatic heterocycles. The molecule has 0 radical (unpaired) electrons. The first-order chi connectivity index (χ1) is 4.84. The van der Waals surface area contributed by atoms with Crippen LogP contribution in [0.3, 0.4) is 0 Å². The third-order valence-electron chi connectivity index (χ3n) is 1.35. The van der Waals surface area contributed by atoms with Gasteiger partial charge in [0.1, 0.15) is 0 Å². The predicted molar refractivity (Wildman–Crippen MR) is 41.4 cm³/mol. The molecule has 2 nitrogen and oxygen atoms in total. The Balaban J connectivity index is 2.85. The van der Waals surface area contributed by atoms with Crippen molar-refractivity contribution in [3.05, 3.63) is 30.9 Å². The second-order valence-corrected chi connectivity index (χ2v) is 2.05. The minimum Gasteiger partial charge on any atom is -0.261 e. The fourth-order valence-corrected chi connectivity index (χ4v) is 0.663. The molecule has 0 N–H and O–H groups in total. The number of nitrogens with zero attached hydrogens (tertiary/aromatic N) is 2. The summed E-state index contributed by atoms with van der Waals surface area (Å²) >= 11 is 0. The maximum atomic E-state index is 4.09. The molecule has 0 aliphatic carbocycles. The highest BCUT2D eigenvalue weighted by Gasteiger charge is 1.94. The van der Waals surface area contributed by atoms with Crippen LogP contribution < -0.4 is 0 Å². The predicted octanol–water partition coefficient (Wildman–Crippen LogP) is 1.90. The van der Waals surface area contributed by atoms with Crippen molar-refractivity contribution in [1.82, 2.24) is 9.97 Å². The van der Waals surface area contributed by atoms with Crippen molar-refractivity contribution in [1.29, 1.82) is 0 Å². The normalized spacial score (nSPS) is 9.30. The summed E-state index contributed by atoms with van der Waals surface area (Å²) in [5.74, 6) is 0. The molecule has 0 spiro atoms. The maximum absolute atomic E-state index is 4.09. The van der Waals surface area contributed by atoms with Gasteiger partial charge in [-0.05, 0) is 12.0 Å². The number of hydrogen-bond acceptors (Lipinski definition) is 2. The summed E-state index contributed by atoms with van der Waals surface area (Å²) in [5, 5.41) is 0. The van der Waals surface area contributed by atoms with E-state index in [1.165, 1.54) is 0 Å². The van der Waals surface area contributed by atoms with E-state index in [0.29, 0.717) is 0 Å². The molecule has 0 saturated heterocycles. The molecule has 1 aromatic heterocycles. The molecule has 0 fully saturated rings. The van der Waals surface area contributed by atoms with Gasteiger partial charge < -0.3 is 0 Å². The van der Waals surface area contributed by atoms with Gasteiger partial charge in [-0.1, -0.05) is 13.5 Å². The molecule has 1 aromatic rings. The van der Waals surface area contributed by atoms with E-state index in [1.54, 1.807) is 18.6 Å². The first kappa shape index (κ1) is 6.93. The SMILES string of the molecule is C=C(CC)c1cnccn1. The summed E-state index contributed by atoms with van der Waals surface area (Å²) in [4.78, 5) is 8.02. The molecule has 1 heterocycles. The Hall–Kier alpha value is -1.18. The van der Waals surface area contributed by atoms with Crippen molar-refractivity contribution < 1.29 is 0 Å². The molecule has 0 aliphatic rings. The van der Waals surface area contributed by atoms with Crippen molar-refractivity contribution in [3.63, 3.8) is 0 Å². The van der Waals surface area contributed by atoms with Crippen LogP contribution in [0.1, 0.15) is 19.0 Å². The lowest BCUT2D eigenvalue weighted by atomic mass is 10.2. The lowest BCUT2D eigenvalue weighted by Gasteiger charge is -1.97. The van der Waals surface area contributed by atoms with Crippen molar-refractivity contribution in [3.8, 4) is 0 Å². The van der Waals surface area contributed by atoms with Gasteiger partial charge in [0, 0.05) is 12.4 Å². The summed E-state index contributed by atoms with van der Waals surface area (Å²) in [6, 6.07) is 0. The van der Waals surface area contributed by atoms with E-state index in [4.69, 9.17) is 0 Å². The van der Waals surface area contributed by atoms with Gasteiger partial charge in [-0.15, -0.1) is 0 Å². The minimum atomic E-state index is 0.894. The van der Waals surface area contributed by atoms with Gasteiger partial charge in [0.2, 0.25) is 0 Å². The summed E-state index contributed by atoms with van der Waals surface area (Å²) in [6.45, 7) is 5.89. The Labute approximate surface area is 60.6 Å². The minimum absolute atomic E-state index is 0.894. The zero-order valence-electron chi connectivity index (χ0n) is 6.04. The molecule has 2 heteroatoms. The Bertz CT molecular complexity index is 216. The largest absolute Gasteiger partial charge is 0.261 e. The molecule has 0 bridgehead atoms. The Morgan fingerprint density at radius 3 is 2.90 bits per heavy atom. The van der Waals surface area contributed by atoms with Crippen LogP contribution in [0.5, 0.6) is 0 Å². The van der Waals surface area contributed by atoms with Crippen LogP contribution in [0, 0.1) is 0 Å². The van der Waals surface area contributed by atoms with Crippen LogP contribution in [0.2, 0.25) is 0 Å². The van der Waals surface area contributed by atoms with E-state index in [0.717, 1.165) is 17.7 Å². The average molecular weight is 134 g/mol. The van der Waals surface area contributed by atoms with E-state index >= 15 is 0 Å². The monoisotopic (exact) mass is 134 g/mol. The van der Waals surface area contributed by atoms with Crippen LogP contribution in [0.25, 0.3) is 5.57 Å². The molecular formula is C8H10N2. The third-order valence-corrected chi connectivity index (χ3v) is 1.35. The van der Waals surface area contributed by atoms with Gasteiger partial charge in [0.25, 0.3) is 0 Å². The van der Waals surface area contributed by atoms with Gasteiger partial charge in [0.15, 0.2) is 0 Å². The van der Waals surface area contributed by atoms with Crippen molar-refractivity contribution in [2.75, 3.05) is 0 Å². The molecule has 0 unspecified atom stereocenters. The van der Waals surface area contributed by atoms with Crippen LogP contribution in [-0.4, -0.2) is 9.97 Å². The topological polar surface area (TPSA) is 25.8 Å². The van der Waals surface area contributed by atoms with E-state index in [-0.39, 0.29) is 0 Å². The molecule has 10 heavy (non-hydrogen) atoms. The lowest BCUT2D eigenvalue weighted by molar-refractivity contribution is 1.13. The summed E-state index contributed by atoms with van der Waals surface area (Å²) < 4.78 is 0. The highest BCUT2D eigenvalue weighted by Crippen LogP contribution is 2.09. The second kappa shape index (κ2) is 3.11. The Kier molecular flexibility index (Phi) is 2.15. The first-order valence-corrected chi connectivity index (χ1v) is 3.28.